The highest BCUT2D eigenvalue weighted by molar-refractivity contribution is 4.90. The molecule has 1 aliphatic rings. The Morgan fingerprint density at radius 3 is 2.58 bits per heavy atom. The Morgan fingerprint density at radius 1 is 1.42 bits per heavy atom. The van der Waals surface area contributed by atoms with Gasteiger partial charge < -0.3 is 4.74 Å². The molecule has 0 aliphatic carbocycles. The summed E-state index contributed by atoms with van der Waals surface area (Å²) in [5.74, 6) is 0. The fourth-order valence-corrected chi connectivity index (χ4v) is 1.29. The van der Waals surface area contributed by atoms with Gasteiger partial charge in [-0.3, -0.25) is 0 Å². The van der Waals surface area contributed by atoms with Crippen molar-refractivity contribution >= 4 is 0 Å². The van der Waals surface area contributed by atoms with Crippen LogP contribution in [0.2, 0.25) is 0 Å². The van der Waals surface area contributed by atoms with Crippen molar-refractivity contribution in [1.82, 2.24) is 14.8 Å². The minimum Gasteiger partial charge on any atom is -0.345 e. The van der Waals surface area contributed by atoms with Gasteiger partial charge in [0.1, 0.15) is 18.8 Å². The summed E-state index contributed by atoms with van der Waals surface area (Å²) >= 11 is 0. The number of hydrogen-bond acceptors (Lipinski definition) is 3. The lowest BCUT2D eigenvalue weighted by molar-refractivity contribution is 0.252. The van der Waals surface area contributed by atoms with E-state index < -0.39 is 0 Å². The molecule has 0 spiro atoms. The van der Waals surface area contributed by atoms with Gasteiger partial charge in [0.15, 0.2) is 6.23 Å². The fraction of sp³-hybridized carbons (Fsp3) is 0.750. The topological polar surface area (TPSA) is 43.2 Å². The van der Waals surface area contributed by atoms with Gasteiger partial charge in [0.2, 0.25) is 0 Å². The maximum atomic E-state index is 5.49. The zero-order valence-electron chi connectivity index (χ0n) is 7.56. The molecule has 0 bridgehead atoms. The van der Waals surface area contributed by atoms with E-state index in [9.17, 15) is 0 Å². The zero-order valence-corrected chi connectivity index (χ0v) is 7.56. The van der Waals surface area contributed by atoms with Crippen molar-refractivity contribution in [2.24, 2.45) is 5.41 Å². The van der Waals surface area contributed by atoms with Crippen LogP contribution in [-0.4, -0.2) is 20.9 Å². The lowest BCUT2D eigenvalue weighted by Gasteiger charge is -2.13. The van der Waals surface area contributed by atoms with Crippen LogP contribution in [0, 0.1) is 5.41 Å². The number of aromatic nitrogens is 3. The van der Waals surface area contributed by atoms with Crippen LogP contribution in [0.15, 0.2) is 12.7 Å². The predicted octanol–water partition coefficient (Wildman–Crippen LogP) is 1.22. The van der Waals surface area contributed by atoms with Gasteiger partial charge in [0.25, 0.3) is 0 Å². The number of epoxide rings is 1. The normalized spacial score (nSPS) is 28.9. The number of nitrogens with zero attached hydrogens (tertiary/aromatic N) is 3. The molecule has 1 saturated heterocycles. The maximum Gasteiger partial charge on any atom is 0.179 e. The summed E-state index contributed by atoms with van der Waals surface area (Å²) in [5, 5.41) is 4.02. The summed E-state index contributed by atoms with van der Waals surface area (Å²) < 4.78 is 7.25. The van der Waals surface area contributed by atoms with Crippen molar-refractivity contribution in [2.75, 3.05) is 0 Å². The van der Waals surface area contributed by atoms with E-state index in [-0.39, 0.29) is 17.7 Å². The molecule has 4 heteroatoms. The molecular weight excluding hydrogens is 154 g/mol. The third kappa shape index (κ3) is 1.22. The lowest BCUT2D eigenvalue weighted by atomic mass is 9.92. The van der Waals surface area contributed by atoms with Gasteiger partial charge in [0.05, 0.1) is 0 Å². The van der Waals surface area contributed by atoms with E-state index in [4.69, 9.17) is 4.74 Å². The first-order valence-corrected chi connectivity index (χ1v) is 4.08. The Hall–Kier alpha value is -0.900. The number of hydrogen-bond donors (Lipinski definition) is 0. The summed E-state index contributed by atoms with van der Waals surface area (Å²) in [4.78, 5) is 3.87. The molecule has 2 atom stereocenters. The molecule has 1 aliphatic heterocycles. The van der Waals surface area contributed by atoms with Crippen LogP contribution in [0.5, 0.6) is 0 Å². The Kier molecular flexibility index (Phi) is 1.48. The first kappa shape index (κ1) is 7.73. The molecule has 1 fully saturated rings. The van der Waals surface area contributed by atoms with Gasteiger partial charge in [0, 0.05) is 0 Å². The Balaban J connectivity index is 2.06. The monoisotopic (exact) mass is 167 g/mol. The van der Waals surface area contributed by atoms with Crippen LogP contribution in [-0.2, 0) is 4.74 Å². The van der Waals surface area contributed by atoms with Crippen molar-refractivity contribution in [3.8, 4) is 0 Å². The quantitative estimate of drug-likeness (QED) is 0.591. The van der Waals surface area contributed by atoms with Gasteiger partial charge in [-0.2, -0.15) is 5.10 Å². The minimum absolute atomic E-state index is 0.104. The van der Waals surface area contributed by atoms with Crippen molar-refractivity contribution in [3.05, 3.63) is 12.7 Å². The van der Waals surface area contributed by atoms with E-state index in [2.05, 4.69) is 30.9 Å². The SMILES string of the molecule is CC(C)(C)[C@H]1O[C@@H]1n1cncn1. The second-order valence-electron chi connectivity index (χ2n) is 4.19. The van der Waals surface area contributed by atoms with Gasteiger partial charge in [-0.15, -0.1) is 0 Å². The van der Waals surface area contributed by atoms with Crippen molar-refractivity contribution in [2.45, 2.75) is 33.1 Å². The van der Waals surface area contributed by atoms with Gasteiger partial charge in [-0.05, 0) is 5.41 Å². The maximum absolute atomic E-state index is 5.49. The molecular formula is C8H13N3O. The molecule has 1 aromatic heterocycles. The average molecular weight is 167 g/mol. The van der Waals surface area contributed by atoms with Crippen LogP contribution >= 0.6 is 0 Å². The van der Waals surface area contributed by atoms with Crippen LogP contribution in [0.1, 0.15) is 27.0 Å². The highest BCUT2D eigenvalue weighted by Crippen LogP contribution is 2.44. The van der Waals surface area contributed by atoms with E-state index >= 15 is 0 Å². The lowest BCUT2D eigenvalue weighted by Crippen LogP contribution is -2.16. The predicted molar refractivity (Wildman–Crippen MR) is 43.4 cm³/mol. The van der Waals surface area contributed by atoms with E-state index in [1.54, 1.807) is 11.0 Å². The second-order valence-corrected chi connectivity index (χ2v) is 4.19. The van der Waals surface area contributed by atoms with Crippen LogP contribution in [0.3, 0.4) is 0 Å². The molecule has 0 N–H and O–H groups in total. The van der Waals surface area contributed by atoms with E-state index in [0.29, 0.717) is 0 Å². The number of rotatable bonds is 1. The first-order chi connectivity index (χ1) is 5.59. The molecule has 12 heavy (non-hydrogen) atoms. The summed E-state index contributed by atoms with van der Waals surface area (Å²) in [6.45, 7) is 6.48. The van der Waals surface area contributed by atoms with Crippen LogP contribution < -0.4 is 0 Å². The van der Waals surface area contributed by atoms with E-state index in [1.807, 2.05) is 0 Å². The van der Waals surface area contributed by atoms with Gasteiger partial charge >= 0.3 is 0 Å². The summed E-state index contributed by atoms with van der Waals surface area (Å²) in [6.07, 6.45) is 3.60. The Morgan fingerprint density at radius 2 is 2.17 bits per heavy atom. The van der Waals surface area contributed by atoms with Crippen molar-refractivity contribution in [3.63, 3.8) is 0 Å². The van der Waals surface area contributed by atoms with Gasteiger partial charge in [-0.1, -0.05) is 20.8 Å². The number of ether oxygens (including phenoxy) is 1. The van der Waals surface area contributed by atoms with Gasteiger partial charge in [-0.25, -0.2) is 9.67 Å². The Bertz CT molecular complexity index is 262. The van der Waals surface area contributed by atoms with Crippen molar-refractivity contribution < 1.29 is 4.74 Å². The standard InChI is InChI=1S/C8H13N3O/c1-8(2,3)6-7(12-6)11-5-9-4-10-11/h4-7H,1-3H3/t6-,7-/m0/s1. The van der Waals surface area contributed by atoms with Crippen molar-refractivity contribution in [1.29, 1.82) is 0 Å². The third-order valence-corrected chi connectivity index (χ3v) is 2.02. The van der Waals surface area contributed by atoms with Crippen LogP contribution in [0.25, 0.3) is 0 Å². The zero-order chi connectivity index (χ0) is 8.77. The molecule has 0 unspecified atom stereocenters. The van der Waals surface area contributed by atoms with E-state index in [0.717, 1.165) is 0 Å². The molecule has 2 heterocycles. The summed E-state index contributed by atoms with van der Waals surface area (Å²) in [5.41, 5.74) is 0.191. The van der Waals surface area contributed by atoms with E-state index in [1.165, 1.54) is 6.33 Å². The van der Waals surface area contributed by atoms with Crippen LogP contribution in [0.4, 0.5) is 0 Å². The molecule has 0 aromatic carbocycles. The average Bonchev–Trinajstić information content (AvgIpc) is 2.60. The minimum atomic E-state index is 0.104. The highest BCUT2D eigenvalue weighted by atomic mass is 16.6. The summed E-state index contributed by atoms with van der Waals surface area (Å²) in [7, 11) is 0. The largest absolute Gasteiger partial charge is 0.345 e. The molecule has 0 radical (unpaired) electrons. The highest BCUT2D eigenvalue weighted by Gasteiger charge is 2.49. The molecule has 0 amide bonds. The molecule has 66 valence electrons. The molecule has 1 aromatic rings. The molecule has 2 rings (SSSR count). The fourth-order valence-electron chi connectivity index (χ4n) is 1.29. The summed E-state index contributed by atoms with van der Waals surface area (Å²) in [6, 6.07) is 0. The molecule has 4 nitrogen and oxygen atoms in total. The molecule has 0 saturated carbocycles. The third-order valence-electron chi connectivity index (χ3n) is 2.02. The second kappa shape index (κ2) is 2.29. The Labute approximate surface area is 71.6 Å². The first-order valence-electron chi connectivity index (χ1n) is 4.08. The smallest absolute Gasteiger partial charge is 0.179 e.